The number of amides is 2. The maximum atomic E-state index is 13.6. The number of nitrogens with zero attached hydrogens (tertiary/aromatic N) is 1. The van der Waals surface area contributed by atoms with Gasteiger partial charge in [-0.25, -0.2) is 4.39 Å². The zero-order chi connectivity index (χ0) is 26.7. The molecule has 1 N–H and O–H groups in total. The van der Waals surface area contributed by atoms with Gasteiger partial charge in [-0.15, -0.1) is 0 Å². The summed E-state index contributed by atoms with van der Waals surface area (Å²) in [6, 6.07) is 11.9. The van der Waals surface area contributed by atoms with Crippen LogP contribution in [-0.2, 0) is 16.0 Å². The lowest BCUT2D eigenvalue weighted by Crippen LogP contribution is -2.34. The third kappa shape index (κ3) is 5.53. The van der Waals surface area contributed by atoms with E-state index in [1.807, 2.05) is 24.3 Å². The fourth-order valence-corrected chi connectivity index (χ4v) is 5.19. The summed E-state index contributed by atoms with van der Waals surface area (Å²) in [6.45, 7) is 11.9. The third-order valence-corrected chi connectivity index (χ3v) is 7.30. The molecule has 1 spiro atoms. The van der Waals surface area contributed by atoms with Crippen LogP contribution in [0.15, 0.2) is 90.2 Å². The van der Waals surface area contributed by atoms with Crippen molar-refractivity contribution in [3.05, 3.63) is 113 Å². The quantitative estimate of drug-likeness (QED) is 0.313. The fourth-order valence-electron chi connectivity index (χ4n) is 5.19. The lowest BCUT2D eigenvalue weighted by Gasteiger charge is -2.26. The number of nitrogens with one attached hydrogen (secondary N) is 1. The van der Waals surface area contributed by atoms with Crippen molar-refractivity contribution in [2.75, 3.05) is 11.4 Å². The minimum Gasteiger partial charge on any atom is -0.323 e. The fraction of sp³-hybridized carbons (Fsp3) is 0.258. The number of fused-ring (bicyclic) bond motifs is 1. The van der Waals surface area contributed by atoms with E-state index in [1.54, 1.807) is 30.9 Å². The van der Waals surface area contributed by atoms with Crippen LogP contribution in [0, 0.1) is 18.2 Å². The number of anilines is 1. The molecule has 1 unspecified atom stereocenters. The van der Waals surface area contributed by atoms with E-state index >= 15 is 0 Å². The number of aldehydes is 1. The summed E-state index contributed by atoms with van der Waals surface area (Å²) in [7, 11) is 0. The summed E-state index contributed by atoms with van der Waals surface area (Å²) >= 11 is 0. The van der Waals surface area contributed by atoms with Crippen molar-refractivity contribution in [2.24, 2.45) is 5.41 Å². The molecule has 2 aromatic rings. The normalized spacial score (nSPS) is 19.1. The largest absolute Gasteiger partial charge is 0.323 e. The first-order valence-corrected chi connectivity index (χ1v) is 12.3. The van der Waals surface area contributed by atoms with Crippen LogP contribution < -0.4 is 10.2 Å². The molecule has 0 saturated heterocycles. The Morgan fingerprint density at radius 1 is 1.14 bits per heavy atom. The highest BCUT2D eigenvalue weighted by Crippen LogP contribution is 2.45. The zero-order valence-corrected chi connectivity index (χ0v) is 21.3. The number of para-hydroxylation sites is 1. The number of carbonyl (C=O) groups is 3. The van der Waals surface area contributed by atoms with Gasteiger partial charge in [0.25, 0.3) is 11.8 Å². The van der Waals surface area contributed by atoms with Crippen LogP contribution in [0.5, 0.6) is 0 Å². The predicted octanol–water partition coefficient (Wildman–Crippen LogP) is 5.77. The van der Waals surface area contributed by atoms with E-state index in [1.165, 1.54) is 12.1 Å². The number of hydrogen-bond donors (Lipinski definition) is 1. The van der Waals surface area contributed by atoms with Crippen molar-refractivity contribution < 1.29 is 18.8 Å². The van der Waals surface area contributed by atoms with E-state index in [-0.39, 0.29) is 22.6 Å². The number of allylic oxidation sites excluding steroid dienone is 3. The van der Waals surface area contributed by atoms with Crippen molar-refractivity contribution >= 4 is 23.8 Å². The van der Waals surface area contributed by atoms with Crippen LogP contribution in [0.1, 0.15) is 47.7 Å². The zero-order valence-electron chi connectivity index (χ0n) is 21.3. The molecule has 0 radical (unpaired) electrons. The Labute approximate surface area is 217 Å². The maximum Gasteiger partial charge on any atom is 0.257 e. The van der Waals surface area contributed by atoms with Crippen molar-refractivity contribution in [1.82, 2.24) is 5.32 Å². The molecule has 1 aliphatic heterocycles. The molecule has 0 fully saturated rings. The van der Waals surface area contributed by atoms with Gasteiger partial charge in [0.1, 0.15) is 12.1 Å². The van der Waals surface area contributed by atoms with E-state index < -0.39 is 11.7 Å². The van der Waals surface area contributed by atoms with Crippen LogP contribution in [0.2, 0.25) is 0 Å². The smallest absolute Gasteiger partial charge is 0.257 e. The first-order valence-electron chi connectivity index (χ1n) is 12.3. The Morgan fingerprint density at radius 2 is 1.89 bits per heavy atom. The Bertz CT molecular complexity index is 1370. The molecule has 4 rings (SSSR count). The standard InChI is InChI=1S/C31H31FN2O3/c1-20-9-10-26(32)16-27(20)29(36)33-22(3)15-21(2)23(4)30(37)34-14-13-31(12-11-24(17-31)19-35)18-25-7-5-6-8-28(25)34/h5-10,15-17,19H,3-4,11-14,18H2,1-2H3,(H,33,36)/b21-15-. The Hall–Kier alpha value is -4.06. The highest BCUT2D eigenvalue weighted by Gasteiger charge is 2.38. The molecule has 2 aromatic carbocycles. The molecule has 37 heavy (non-hydrogen) atoms. The second kappa shape index (κ2) is 10.5. The number of benzene rings is 2. The second-order valence-electron chi connectivity index (χ2n) is 9.96. The summed E-state index contributed by atoms with van der Waals surface area (Å²) in [6.07, 6.45) is 7.79. The van der Waals surface area contributed by atoms with E-state index in [0.29, 0.717) is 23.3 Å². The predicted molar refractivity (Wildman–Crippen MR) is 144 cm³/mol. The monoisotopic (exact) mass is 498 g/mol. The maximum absolute atomic E-state index is 13.6. The molecule has 1 atom stereocenters. The number of carbonyl (C=O) groups excluding carboxylic acids is 3. The first-order chi connectivity index (χ1) is 17.6. The average Bonchev–Trinajstić information content (AvgIpc) is 3.20. The molecular formula is C31H31FN2O3. The molecule has 1 aliphatic carbocycles. The van der Waals surface area contributed by atoms with Gasteiger partial charge < -0.3 is 10.2 Å². The van der Waals surface area contributed by atoms with Gasteiger partial charge in [0, 0.05) is 29.1 Å². The summed E-state index contributed by atoms with van der Waals surface area (Å²) in [5, 5.41) is 2.66. The molecular weight excluding hydrogens is 467 g/mol. The number of aryl methyl sites for hydroxylation is 1. The third-order valence-electron chi connectivity index (χ3n) is 7.30. The second-order valence-corrected chi connectivity index (χ2v) is 9.96. The van der Waals surface area contributed by atoms with Gasteiger partial charge in [0.2, 0.25) is 0 Å². The summed E-state index contributed by atoms with van der Waals surface area (Å²) in [5.41, 5.74) is 4.58. The lowest BCUT2D eigenvalue weighted by molar-refractivity contribution is -0.115. The molecule has 5 nitrogen and oxygen atoms in total. The number of rotatable bonds is 6. The first kappa shape index (κ1) is 26.0. The van der Waals surface area contributed by atoms with Crippen LogP contribution >= 0.6 is 0 Å². The summed E-state index contributed by atoms with van der Waals surface area (Å²) in [5.74, 6) is -1.20. The molecule has 2 amide bonds. The molecule has 0 bridgehead atoms. The van der Waals surface area contributed by atoms with Crippen LogP contribution in [0.3, 0.4) is 0 Å². The van der Waals surface area contributed by atoms with Gasteiger partial charge in [0.15, 0.2) is 0 Å². The summed E-state index contributed by atoms with van der Waals surface area (Å²) < 4.78 is 13.6. The van der Waals surface area contributed by atoms with Gasteiger partial charge in [-0.1, -0.05) is 43.5 Å². The number of halogens is 1. The van der Waals surface area contributed by atoms with Crippen molar-refractivity contribution in [3.63, 3.8) is 0 Å². The van der Waals surface area contributed by atoms with E-state index in [0.717, 1.165) is 48.8 Å². The van der Waals surface area contributed by atoms with Crippen LogP contribution in [0.4, 0.5) is 10.1 Å². The molecule has 1 heterocycles. The van der Waals surface area contributed by atoms with Crippen molar-refractivity contribution in [1.29, 1.82) is 0 Å². The summed E-state index contributed by atoms with van der Waals surface area (Å²) in [4.78, 5) is 39.4. The Balaban J connectivity index is 1.51. The lowest BCUT2D eigenvalue weighted by atomic mass is 9.79. The highest BCUT2D eigenvalue weighted by molar-refractivity contribution is 6.08. The van der Waals surface area contributed by atoms with Crippen LogP contribution in [0.25, 0.3) is 0 Å². The molecule has 2 aliphatic rings. The Kier molecular flexibility index (Phi) is 7.39. The van der Waals surface area contributed by atoms with Gasteiger partial charge in [-0.05, 0) is 91.5 Å². The molecule has 0 aromatic heterocycles. The topological polar surface area (TPSA) is 66.5 Å². The minimum absolute atomic E-state index is 0.138. The SMILES string of the molecule is C=C(/C=C(/C)C(=C)C(=O)N1CCC2(C=C(C=O)CC2)Cc2ccccc21)NC(=O)c1cc(F)ccc1C. The minimum atomic E-state index is -0.498. The van der Waals surface area contributed by atoms with E-state index in [4.69, 9.17) is 0 Å². The van der Waals surface area contributed by atoms with Gasteiger partial charge in [-0.3, -0.25) is 14.4 Å². The van der Waals surface area contributed by atoms with E-state index in [9.17, 15) is 18.8 Å². The molecule has 0 saturated carbocycles. The van der Waals surface area contributed by atoms with Crippen LogP contribution in [-0.4, -0.2) is 24.6 Å². The number of hydrogen-bond acceptors (Lipinski definition) is 3. The van der Waals surface area contributed by atoms with Gasteiger partial charge in [-0.2, -0.15) is 0 Å². The van der Waals surface area contributed by atoms with Crippen molar-refractivity contribution in [2.45, 2.75) is 39.5 Å². The Morgan fingerprint density at radius 3 is 2.62 bits per heavy atom. The average molecular weight is 499 g/mol. The van der Waals surface area contributed by atoms with Gasteiger partial charge in [0.05, 0.1) is 0 Å². The highest BCUT2D eigenvalue weighted by atomic mass is 19.1. The molecule has 6 heteroatoms. The van der Waals surface area contributed by atoms with Crippen molar-refractivity contribution in [3.8, 4) is 0 Å². The van der Waals surface area contributed by atoms with E-state index in [2.05, 4.69) is 24.6 Å². The van der Waals surface area contributed by atoms with Gasteiger partial charge >= 0.3 is 0 Å². The molecule has 190 valence electrons.